The third-order valence-electron chi connectivity index (χ3n) is 3.97. The number of hydrogen-bond donors (Lipinski definition) is 1. The molecule has 1 aromatic rings. The van der Waals surface area contributed by atoms with Crippen LogP contribution >= 0.6 is 11.6 Å². The minimum Gasteiger partial charge on any atom is -0.342 e. The maximum Gasteiger partial charge on any atom is 0.270 e. The number of carbonyl (C=O) groups excluding carboxylic acids is 1. The first kappa shape index (κ1) is 15.4. The van der Waals surface area contributed by atoms with Crippen LogP contribution < -0.4 is 5.32 Å². The number of rotatable bonds is 5. The van der Waals surface area contributed by atoms with Gasteiger partial charge < -0.3 is 14.8 Å². The number of halogens is 1. The molecule has 1 N–H and O–H groups in total. The Labute approximate surface area is 126 Å². The first-order valence-corrected chi connectivity index (χ1v) is 7.89. The Bertz CT molecular complexity index is 452. The lowest BCUT2D eigenvalue weighted by Crippen LogP contribution is -2.41. The smallest absolute Gasteiger partial charge is 0.270 e. The monoisotopic (exact) mass is 297 g/mol. The van der Waals surface area contributed by atoms with Gasteiger partial charge >= 0.3 is 0 Å². The van der Waals surface area contributed by atoms with Crippen LogP contribution in [0.2, 0.25) is 5.02 Å². The van der Waals surface area contributed by atoms with Crippen molar-refractivity contribution in [1.82, 2.24) is 14.8 Å². The van der Waals surface area contributed by atoms with Gasteiger partial charge in [0.25, 0.3) is 5.91 Å². The van der Waals surface area contributed by atoms with Crippen molar-refractivity contribution in [2.75, 3.05) is 26.2 Å². The molecule has 5 heteroatoms. The predicted molar refractivity (Wildman–Crippen MR) is 82.3 cm³/mol. The van der Waals surface area contributed by atoms with Crippen molar-refractivity contribution in [1.29, 1.82) is 0 Å². The normalized spacial score (nSPS) is 19.1. The quantitative estimate of drug-likeness (QED) is 0.907. The van der Waals surface area contributed by atoms with Crippen molar-refractivity contribution in [3.63, 3.8) is 0 Å². The molecular formula is C15H24ClN3O. The standard InChI is InChI=1S/C15H24ClN3O/c1-3-18-11-13(16)8-14(18)15(20)19(4-2)10-12-6-5-7-17-9-12/h8,11-12,17H,3-7,9-10H2,1-2H3. The van der Waals surface area contributed by atoms with Gasteiger partial charge in [-0.2, -0.15) is 0 Å². The van der Waals surface area contributed by atoms with Gasteiger partial charge in [-0.1, -0.05) is 11.6 Å². The summed E-state index contributed by atoms with van der Waals surface area (Å²) in [7, 11) is 0. The number of nitrogens with zero attached hydrogens (tertiary/aromatic N) is 2. The van der Waals surface area contributed by atoms with Crippen molar-refractivity contribution in [3.8, 4) is 0 Å². The van der Waals surface area contributed by atoms with Crippen LogP contribution in [0.3, 0.4) is 0 Å². The zero-order valence-corrected chi connectivity index (χ0v) is 13.1. The lowest BCUT2D eigenvalue weighted by molar-refractivity contribution is 0.0718. The second kappa shape index (κ2) is 7.14. The van der Waals surface area contributed by atoms with E-state index in [0.717, 1.165) is 32.7 Å². The summed E-state index contributed by atoms with van der Waals surface area (Å²) < 4.78 is 1.92. The Morgan fingerprint density at radius 1 is 1.55 bits per heavy atom. The van der Waals surface area contributed by atoms with E-state index in [1.165, 1.54) is 12.8 Å². The lowest BCUT2D eigenvalue weighted by Gasteiger charge is -2.29. The van der Waals surface area contributed by atoms with Crippen LogP contribution in [0.1, 0.15) is 37.2 Å². The number of piperidine rings is 1. The summed E-state index contributed by atoms with van der Waals surface area (Å²) in [4.78, 5) is 14.6. The van der Waals surface area contributed by atoms with Crippen LogP contribution in [0.5, 0.6) is 0 Å². The number of hydrogen-bond acceptors (Lipinski definition) is 2. The van der Waals surface area contributed by atoms with E-state index in [0.29, 0.717) is 16.6 Å². The molecule has 4 nitrogen and oxygen atoms in total. The number of amides is 1. The van der Waals surface area contributed by atoms with Crippen molar-refractivity contribution < 1.29 is 4.79 Å². The van der Waals surface area contributed by atoms with Crippen LogP contribution in [0.4, 0.5) is 0 Å². The first-order valence-electron chi connectivity index (χ1n) is 7.51. The molecule has 20 heavy (non-hydrogen) atoms. The zero-order chi connectivity index (χ0) is 14.5. The van der Waals surface area contributed by atoms with Gasteiger partial charge in [-0.15, -0.1) is 0 Å². The first-order chi connectivity index (χ1) is 9.65. The molecule has 1 unspecified atom stereocenters. The van der Waals surface area contributed by atoms with Gasteiger partial charge in [0.2, 0.25) is 0 Å². The second-order valence-electron chi connectivity index (χ2n) is 5.39. The van der Waals surface area contributed by atoms with E-state index in [1.807, 2.05) is 29.5 Å². The molecule has 0 aromatic carbocycles. The predicted octanol–water partition coefficient (Wildman–Crippen LogP) is 2.62. The molecule has 1 saturated heterocycles. The van der Waals surface area contributed by atoms with E-state index < -0.39 is 0 Å². The minimum atomic E-state index is 0.0897. The summed E-state index contributed by atoms with van der Waals surface area (Å²) in [5.74, 6) is 0.653. The zero-order valence-electron chi connectivity index (χ0n) is 12.4. The Kier molecular flexibility index (Phi) is 5.49. The van der Waals surface area contributed by atoms with E-state index in [4.69, 9.17) is 11.6 Å². The molecule has 0 saturated carbocycles. The molecule has 1 fully saturated rings. The third-order valence-corrected chi connectivity index (χ3v) is 4.18. The van der Waals surface area contributed by atoms with Gasteiger partial charge in [0.15, 0.2) is 0 Å². The van der Waals surface area contributed by atoms with Crippen LogP contribution in [-0.4, -0.2) is 41.6 Å². The molecular weight excluding hydrogens is 274 g/mol. The fourth-order valence-corrected chi connectivity index (χ4v) is 3.05. The van der Waals surface area contributed by atoms with Crippen molar-refractivity contribution in [3.05, 3.63) is 23.0 Å². The Hall–Kier alpha value is -1.00. The van der Waals surface area contributed by atoms with E-state index in [-0.39, 0.29) is 5.91 Å². The van der Waals surface area contributed by atoms with E-state index in [2.05, 4.69) is 5.32 Å². The summed E-state index contributed by atoms with van der Waals surface area (Å²) in [5.41, 5.74) is 0.697. The largest absolute Gasteiger partial charge is 0.342 e. The molecule has 0 radical (unpaired) electrons. The highest BCUT2D eigenvalue weighted by Crippen LogP contribution is 2.18. The van der Waals surface area contributed by atoms with Crippen molar-refractivity contribution >= 4 is 17.5 Å². The van der Waals surface area contributed by atoms with Crippen LogP contribution in [0.25, 0.3) is 0 Å². The van der Waals surface area contributed by atoms with E-state index in [1.54, 1.807) is 6.07 Å². The van der Waals surface area contributed by atoms with Crippen LogP contribution in [-0.2, 0) is 6.54 Å². The van der Waals surface area contributed by atoms with Gasteiger partial charge in [0.05, 0.1) is 5.02 Å². The van der Waals surface area contributed by atoms with E-state index in [9.17, 15) is 4.79 Å². The Morgan fingerprint density at radius 2 is 2.35 bits per heavy atom. The summed E-state index contributed by atoms with van der Waals surface area (Å²) in [6, 6.07) is 1.77. The average molecular weight is 298 g/mol. The minimum absolute atomic E-state index is 0.0897. The summed E-state index contributed by atoms with van der Waals surface area (Å²) >= 11 is 6.03. The average Bonchev–Trinajstić information content (AvgIpc) is 2.86. The highest BCUT2D eigenvalue weighted by Gasteiger charge is 2.22. The van der Waals surface area contributed by atoms with Gasteiger partial charge in [-0.3, -0.25) is 4.79 Å². The van der Waals surface area contributed by atoms with Gasteiger partial charge in [0.1, 0.15) is 5.69 Å². The van der Waals surface area contributed by atoms with Crippen molar-refractivity contribution in [2.45, 2.75) is 33.2 Å². The van der Waals surface area contributed by atoms with Crippen molar-refractivity contribution in [2.24, 2.45) is 5.92 Å². The number of aryl methyl sites for hydroxylation is 1. The molecule has 1 aliphatic rings. The molecule has 0 bridgehead atoms. The highest BCUT2D eigenvalue weighted by atomic mass is 35.5. The van der Waals surface area contributed by atoms with Gasteiger partial charge in [-0.05, 0) is 51.8 Å². The number of carbonyl (C=O) groups is 1. The maximum atomic E-state index is 12.7. The summed E-state index contributed by atoms with van der Waals surface area (Å²) in [6.07, 6.45) is 4.23. The fraction of sp³-hybridized carbons (Fsp3) is 0.667. The maximum absolute atomic E-state index is 12.7. The van der Waals surface area contributed by atoms with Gasteiger partial charge in [-0.25, -0.2) is 0 Å². The fourth-order valence-electron chi connectivity index (χ4n) is 2.82. The van der Waals surface area contributed by atoms with Gasteiger partial charge in [0, 0.05) is 25.8 Å². The third kappa shape index (κ3) is 3.55. The summed E-state index contributed by atoms with van der Waals surface area (Å²) in [6.45, 7) is 8.50. The van der Waals surface area contributed by atoms with Crippen LogP contribution in [0, 0.1) is 5.92 Å². The Balaban J connectivity index is 2.07. The molecule has 0 aliphatic carbocycles. The van der Waals surface area contributed by atoms with Crippen LogP contribution in [0.15, 0.2) is 12.3 Å². The summed E-state index contributed by atoms with van der Waals surface area (Å²) in [5, 5.41) is 4.04. The molecule has 1 aliphatic heterocycles. The topological polar surface area (TPSA) is 37.3 Å². The number of aromatic nitrogens is 1. The molecule has 0 spiro atoms. The molecule has 1 aromatic heterocycles. The highest BCUT2D eigenvalue weighted by molar-refractivity contribution is 6.31. The Morgan fingerprint density at radius 3 is 2.95 bits per heavy atom. The molecule has 1 atom stereocenters. The number of nitrogens with one attached hydrogen (secondary N) is 1. The SMILES string of the molecule is CCN(CC1CCCNC1)C(=O)c1cc(Cl)cn1CC. The molecule has 2 heterocycles. The lowest BCUT2D eigenvalue weighted by atomic mass is 9.99. The molecule has 2 rings (SSSR count). The second-order valence-corrected chi connectivity index (χ2v) is 5.82. The molecule has 1 amide bonds. The molecule has 112 valence electrons. The van der Waals surface area contributed by atoms with E-state index >= 15 is 0 Å².